The molecule has 121 heavy (non-hydrogen) atoms. The fourth-order valence-corrected chi connectivity index (χ4v) is 29.4. The molecule has 9 heterocycles. The summed E-state index contributed by atoms with van der Waals surface area (Å²) in [5.74, 6) is 4.83. The highest BCUT2D eigenvalue weighted by atomic mass is 32.2. The first kappa shape index (κ1) is 93.7. The summed E-state index contributed by atoms with van der Waals surface area (Å²) in [7, 11) is -14.4. The van der Waals surface area contributed by atoms with Crippen molar-refractivity contribution in [3.8, 4) is 11.5 Å². The molecule has 5 aromatic rings. The van der Waals surface area contributed by atoms with Crippen molar-refractivity contribution >= 4 is 73.4 Å². The van der Waals surface area contributed by atoms with Gasteiger partial charge in [0.15, 0.2) is 0 Å². The maximum absolute atomic E-state index is 13.2. The van der Waals surface area contributed by atoms with E-state index < -0.39 is 84.6 Å². The fraction of sp³-hybridized carbons (Fsp3) is 0.655. The van der Waals surface area contributed by atoms with E-state index in [2.05, 4.69) is 40.4 Å². The number of likely N-dealkylation sites (tertiary alicyclic amines) is 4. The summed E-state index contributed by atoms with van der Waals surface area (Å²) >= 11 is 1.08. The Hall–Kier alpha value is -4.90. The summed E-state index contributed by atoms with van der Waals surface area (Å²) in [6, 6.07) is 35.3. The third-order valence-electron chi connectivity index (χ3n) is 26.5. The van der Waals surface area contributed by atoms with E-state index >= 15 is 0 Å². The van der Waals surface area contributed by atoms with Gasteiger partial charge >= 0.3 is 11.6 Å². The van der Waals surface area contributed by atoms with Crippen LogP contribution >= 0.6 is 11.8 Å². The van der Waals surface area contributed by atoms with Crippen LogP contribution in [0.2, 0.25) is 0 Å². The minimum Gasteiger partial charge on any atom is -0.497 e. The predicted octanol–water partition coefficient (Wildman–Crippen LogP) is 11.2. The Balaban J connectivity index is 0.000000130. The van der Waals surface area contributed by atoms with Crippen molar-refractivity contribution in [2.45, 2.75) is 221 Å². The van der Waals surface area contributed by atoms with Gasteiger partial charge in [0.2, 0.25) is 50.1 Å². The number of nitrogens with zero attached hydrogens (tertiary/aromatic N) is 9. The molecular formula is C87H127N9O18S7. The van der Waals surface area contributed by atoms with E-state index in [4.69, 9.17) is 36.8 Å². The molecule has 4 aliphatic carbocycles. The standard InChI is InChI=1S/C19H28N2O3S.2C18H26N2O3S.C17H26N2O4S.C15H21NO3S2.O2S/c1-2-16-5-7-18(8-6-16)25(22,23)21-13-14-24-19(21)9-11-20(12-10-19)15-17-3-4-17;2*1-15-2-6-17(7-3-15)24(21,22)20-12-13-23-18(20)8-10-19(11-9-18)14-16-4-5-16;1-14(2)18-10-8-17(9-11-18)19(12-13-23-17)24(20,21)16-6-4-15(22-3)5-7-16;1-19-13-5-7-14(8-6-13)21(17,18)16-11-12-20-15(16)9-3-2-4-10-15;1-3-2/h5-8,17H,2-4,9-15H2,1H3;2*2-3,6-7,16H,4-5,8-14H2,1H3;4-7,14H,8-13H2,1-3H3;5-8H,2-4,9-12H2,1H3;. The summed E-state index contributed by atoms with van der Waals surface area (Å²) in [4.78, 5) is 11.4. The normalized spacial score (nSPS) is 23.6. The second kappa shape index (κ2) is 40.2. The lowest BCUT2D eigenvalue weighted by Crippen LogP contribution is -2.55. The molecule has 9 saturated heterocycles. The number of hydrogen-bond acceptors (Lipinski definition) is 23. The number of methoxy groups -OCH3 is 2. The Morgan fingerprint density at radius 3 is 0.926 bits per heavy atom. The molecule has 0 bridgehead atoms. The largest absolute Gasteiger partial charge is 0.497 e. The Morgan fingerprint density at radius 1 is 0.380 bits per heavy atom. The van der Waals surface area contributed by atoms with Crippen molar-refractivity contribution < 1.29 is 78.9 Å². The van der Waals surface area contributed by atoms with E-state index in [1.807, 2.05) is 62.0 Å². The Morgan fingerprint density at radius 2 is 0.653 bits per heavy atom. The van der Waals surface area contributed by atoms with Crippen molar-refractivity contribution in [1.82, 2.24) is 41.1 Å². The number of sulfonamides is 5. The molecule has 13 aliphatic rings. The molecule has 13 fully saturated rings. The molecule has 9 aliphatic heterocycles. The number of ether oxygens (including phenoxy) is 6. The fourth-order valence-electron chi connectivity index (χ4n) is 18.8. The third kappa shape index (κ3) is 21.9. The maximum Gasteiger partial charge on any atom is 0.335 e. The molecule has 0 radical (unpaired) electrons. The SMILES string of the molecule is CCc1ccc(S(=O)(=O)N2CCOC23CCN(CC2CC2)CC3)cc1.COc1ccc(S(=O)(=O)N2CCOC23CCN(C(C)C)CC3)cc1.COc1ccc(S(=O)(=O)N2CCSC23CCCCC3)cc1.Cc1ccc(S(=O)(=O)N2CCOC23CCN(CC2CC2)CC3)cc1.Cc1ccc(S(=O)(=O)N2CCOC23CCN(CC2CC2)CC3)cc1.O=S=O. The van der Waals surface area contributed by atoms with Crippen LogP contribution in [0.4, 0.5) is 0 Å². The van der Waals surface area contributed by atoms with Crippen LogP contribution in [-0.2, 0) is 87.1 Å². The van der Waals surface area contributed by atoms with E-state index in [0.29, 0.717) is 114 Å². The van der Waals surface area contributed by atoms with E-state index in [-0.39, 0.29) is 4.87 Å². The van der Waals surface area contributed by atoms with Crippen molar-refractivity contribution in [3.05, 3.63) is 138 Å². The van der Waals surface area contributed by atoms with Gasteiger partial charge in [0, 0.05) is 168 Å². The predicted molar refractivity (Wildman–Crippen MR) is 467 cm³/mol. The highest BCUT2D eigenvalue weighted by Crippen LogP contribution is 2.50. The number of benzene rings is 5. The molecular weight excluding hydrogens is 1680 g/mol. The molecule has 0 amide bonds. The zero-order valence-electron chi connectivity index (χ0n) is 71.6. The van der Waals surface area contributed by atoms with Crippen LogP contribution < -0.4 is 9.47 Å². The molecule has 18 rings (SSSR count). The van der Waals surface area contributed by atoms with Gasteiger partial charge in [-0.15, -0.1) is 11.8 Å². The van der Waals surface area contributed by atoms with Crippen LogP contribution in [0, 0.1) is 31.6 Å². The third-order valence-corrected chi connectivity index (χ3v) is 38.0. The van der Waals surface area contributed by atoms with Crippen LogP contribution in [0.5, 0.6) is 11.5 Å². The molecule has 27 nitrogen and oxygen atoms in total. The van der Waals surface area contributed by atoms with Gasteiger partial charge in [-0.05, 0) is 194 Å². The van der Waals surface area contributed by atoms with Crippen molar-refractivity contribution in [1.29, 1.82) is 0 Å². The summed E-state index contributed by atoms with van der Waals surface area (Å²) < 4.78 is 190. The van der Waals surface area contributed by atoms with Gasteiger partial charge in [-0.3, -0.25) is 0 Å². The van der Waals surface area contributed by atoms with Crippen molar-refractivity contribution in [2.75, 3.05) is 151 Å². The molecule has 0 unspecified atom stereocenters. The number of rotatable bonds is 20. The Kier molecular flexibility index (Phi) is 31.1. The molecule has 670 valence electrons. The average Bonchev–Trinajstić information content (AvgIpc) is 1.67. The van der Waals surface area contributed by atoms with E-state index in [1.54, 1.807) is 121 Å². The second-order valence-electron chi connectivity index (χ2n) is 34.8. The first-order chi connectivity index (χ1) is 57.9. The molecule has 0 aromatic heterocycles. The van der Waals surface area contributed by atoms with Crippen LogP contribution in [0.1, 0.15) is 159 Å². The van der Waals surface area contributed by atoms with Gasteiger partial charge < -0.3 is 48.0 Å². The monoisotopic (exact) mass is 1810 g/mol. The Labute approximate surface area is 728 Å². The van der Waals surface area contributed by atoms with Crippen LogP contribution in [-0.4, -0.2) is 277 Å². The quantitative estimate of drug-likeness (QED) is 0.0699. The van der Waals surface area contributed by atoms with Gasteiger partial charge in [-0.25, -0.2) is 42.1 Å². The smallest absolute Gasteiger partial charge is 0.335 e. The lowest BCUT2D eigenvalue weighted by atomic mass is 9.95. The zero-order valence-corrected chi connectivity index (χ0v) is 77.3. The van der Waals surface area contributed by atoms with Gasteiger partial charge in [0.05, 0.1) is 70.0 Å². The topological polar surface area (TPSA) is 289 Å². The average molecular weight is 1810 g/mol. The number of aryl methyl sites for hydroxylation is 3. The summed E-state index contributed by atoms with van der Waals surface area (Å²) in [5.41, 5.74) is 0.684. The molecule has 5 spiro atoms. The second-order valence-corrected chi connectivity index (χ2v) is 45.7. The van der Waals surface area contributed by atoms with Crippen molar-refractivity contribution in [2.24, 2.45) is 17.8 Å². The molecule has 0 N–H and O–H groups in total. The summed E-state index contributed by atoms with van der Waals surface area (Å²) in [5, 5.41) is 0. The minimum atomic E-state index is -3.58. The van der Waals surface area contributed by atoms with Crippen molar-refractivity contribution in [3.63, 3.8) is 0 Å². The van der Waals surface area contributed by atoms with Crippen LogP contribution in [0.15, 0.2) is 146 Å². The first-order valence-corrected chi connectivity index (χ1v) is 52.4. The molecule has 0 atom stereocenters. The van der Waals surface area contributed by atoms with Crippen LogP contribution in [0.25, 0.3) is 0 Å². The highest BCUT2D eigenvalue weighted by Gasteiger charge is 2.56. The zero-order chi connectivity index (χ0) is 86.1. The number of thioether (sulfide) groups is 1. The van der Waals surface area contributed by atoms with Gasteiger partial charge in [-0.1, -0.05) is 73.7 Å². The van der Waals surface area contributed by atoms with Crippen LogP contribution in [0.3, 0.4) is 0 Å². The first-order valence-electron chi connectivity index (χ1n) is 43.6. The minimum absolute atomic E-state index is 0.197. The molecule has 4 saturated carbocycles. The summed E-state index contributed by atoms with van der Waals surface area (Å²) in [6.45, 7) is 25.5. The van der Waals surface area contributed by atoms with E-state index in [9.17, 15) is 42.1 Å². The van der Waals surface area contributed by atoms with Gasteiger partial charge in [0.1, 0.15) is 34.4 Å². The molecule has 5 aromatic carbocycles. The maximum atomic E-state index is 13.2. The lowest BCUT2D eigenvalue weighted by Gasteiger charge is -2.44. The van der Waals surface area contributed by atoms with Gasteiger partial charge in [-0.2, -0.15) is 29.9 Å². The number of hydrogen-bond donors (Lipinski definition) is 0. The lowest BCUT2D eigenvalue weighted by molar-refractivity contribution is -0.0943. The van der Waals surface area contributed by atoms with E-state index in [0.717, 1.165) is 163 Å². The summed E-state index contributed by atoms with van der Waals surface area (Å²) in [6.07, 6.45) is 20.5. The highest BCUT2D eigenvalue weighted by molar-refractivity contribution is 8.02. The Bertz CT molecular complexity index is 4730. The van der Waals surface area contributed by atoms with Gasteiger partial charge in [0.25, 0.3) is 0 Å². The van der Waals surface area contributed by atoms with E-state index in [1.165, 1.54) is 64.6 Å². The number of piperidine rings is 4. The molecule has 34 heteroatoms.